The van der Waals surface area contributed by atoms with Crippen LogP contribution in [0.4, 0.5) is 0 Å². The predicted octanol–water partition coefficient (Wildman–Crippen LogP) is 2.63. The maximum Gasteiger partial charge on any atom is 0.305 e. The number of carboxylic acid groups (broad SMARTS) is 1. The summed E-state index contributed by atoms with van der Waals surface area (Å²) < 4.78 is 0.798. The summed E-state index contributed by atoms with van der Waals surface area (Å²) in [6.07, 6.45) is 0.895. The molecule has 1 aromatic carbocycles. The first-order valence-corrected chi connectivity index (χ1v) is 8.60. The van der Waals surface area contributed by atoms with Gasteiger partial charge in [-0.25, -0.2) is 0 Å². The van der Waals surface area contributed by atoms with Gasteiger partial charge < -0.3 is 15.7 Å². The normalized spacial score (nSPS) is 11.8. The summed E-state index contributed by atoms with van der Waals surface area (Å²) in [5, 5.41) is 14.2. The molecule has 0 radical (unpaired) electrons. The molecule has 24 heavy (non-hydrogen) atoms. The van der Waals surface area contributed by atoms with Gasteiger partial charge in [0.05, 0.1) is 19.0 Å². The SMILES string of the molecule is CC(C)CCC(=O)NCC(=O)NC(CC(=O)O)c1cccc(Br)c1. The Hall–Kier alpha value is -1.89. The zero-order valence-corrected chi connectivity index (χ0v) is 15.4. The first kappa shape index (κ1) is 20.2. The molecule has 0 saturated carbocycles. The van der Waals surface area contributed by atoms with Crippen molar-refractivity contribution in [3.63, 3.8) is 0 Å². The second-order valence-corrected chi connectivity index (χ2v) is 6.90. The minimum Gasteiger partial charge on any atom is -0.481 e. The molecule has 0 spiro atoms. The molecule has 0 heterocycles. The minimum absolute atomic E-state index is 0.166. The van der Waals surface area contributed by atoms with Gasteiger partial charge >= 0.3 is 5.97 Å². The van der Waals surface area contributed by atoms with Crippen LogP contribution in [0.3, 0.4) is 0 Å². The molecule has 132 valence electrons. The highest BCUT2D eigenvalue weighted by molar-refractivity contribution is 9.10. The number of carboxylic acids is 1. The number of aliphatic carboxylic acids is 1. The molecule has 1 unspecified atom stereocenters. The van der Waals surface area contributed by atoms with Crippen LogP contribution in [-0.2, 0) is 14.4 Å². The quantitative estimate of drug-likeness (QED) is 0.595. The monoisotopic (exact) mass is 398 g/mol. The molecule has 1 aromatic rings. The van der Waals surface area contributed by atoms with Gasteiger partial charge in [0.25, 0.3) is 0 Å². The number of carbonyl (C=O) groups excluding carboxylic acids is 2. The van der Waals surface area contributed by atoms with Gasteiger partial charge in [-0.2, -0.15) is 0 Å². The van der Waals surface area contributed by atoms with E-state index >= 15 is 0 Å². The molecule has 6 nitrogen and oxygen atoms in total. The summed E-state index contributed by atoms with van der Waals surface area (Å²) in [6.45, 7) is 3.88. The number of nitrogens with one attached hydrogen (secondary N) is 2. The summed E-state index contributed by atoms with van der Waals surface area (Å²) in [5.74, 6) is -1.20. The van der Waals surface area contributed by atoms with E-state index in [1.54, 1.807) is 18.2 Å². The average Bonchev–Trinajstić information content (AvgIpc) is 2.49. The molecule has 1 rings (SSSR count). The first-order chi connectivity index (χ1) is 11.3. The lowest BCUT2D eigenvalue weighted by Gasteiger charge is -2.18. The van der Waals surface area contributed by atoms with E-state index in [1.807, 2.05) is 19.9 Å². The number of carbonyl (C=O) groups is 3. The van der Waals surface area contributed by atoms with Gasteiger partial charge in [0.15, 0.2) is 0 Å². The van der Waals surface area contributed by atoms with Crippen LogP contribution in [0, 0.1) is 5.92 Å². The Labute approximate surface area is 150 Å². The van der Waals surface area contributed by atoms with E-state index in [0.29, 0.717) is 17.9 Å². The zero-order valence-electron chi connectivity index (χ0n) is 13.8. The number of rotatable bonds is 9. The Bertz CT molecular complexity index is 590. The molecule has 0 saturated heterocycles. The van der Waals surface area contributed by atoms with Crippen LogP contribution >= 0.6 is 15.9 Å². The molecule has 0 aliphatic carbocycles. The maximum atomic E-state index is 12.0. The fraction of sp³-hybridized carbons (Fsp3) is 0.471. The molecule has 3 N–H and O–H groups in total. The Morgan fingerprint density at radius 1 is 1.21 bits per heavy atom. The van der Waals surface area contributed by atoms with Gasteiger partial charge in [-0.15, -0.1) is 0 Å². The number of hydrogen-bond acceptors (Lipinski definition) is 3. The maximum absolute atomic E-state index is 12.0. The third-order valence-electron chi connectivity index (χ3n) is 3.36. The average molecular weight is 399 g/mol. The van der Waals surface area contributed by atoms with E-state index in [-0.39, 0.29) is 18.9 Å². The van der Waals surface area contributed by atoms with Crippen molar-refractivity contribution in [1.29, 1.82) is 0 Å². The Balaban J connectivity index is 2.58. The summed E-state index contributed by atoms with van der Waals surface area (Å²) in [5.41, 5.74) is 0.686. The molecule has 1 atom stereocenters. The molecule has 0 aliphatic rings. The third-order valence-corrected chi connectivity index (χ3v) is 3.85. The number of benzene rings is 1. The molecule has 2 amide bonds. The van der Waals surface area contributed by atoms with Crippen LogP contribution in [0.5, 0.6) is 0 Å². The van der Waals surface area contributed by atoms with Crippen LogP contribution < -0.4 is 10.6 Å². The number of halogens is 1. The van der Waals surface area contributed by atoms with Gasteiger partial charge in [-0.1, -0.05) is 41.9 Å². The van der Waals surface area contributed by atoms with Crippen molar-refractivity contribution in [2.75, 3.05) is 6.54 Å². The van der Waals surface area contributed by atoms with E-state index in [2.05, 4.69) is 26.6 Å². The van der Waals surface area contributed by atoms with Crippen molar-refractivity contribution in [3.8, 4) is 0 Å². The van der Waals surface area contributed by atoms with E-state index in [4.69, 9.17) is 5.11 Å². The van der Waals surface area contributed by atoms with Gasteiger partial charge in [0.2, 0.25) is 11.8 Å². The molecule has 7 heteroatoms. The lowest BCUT2D eigenvalue weighted by atomic mass is 10.0. The lowest BCUT2D eigenvalue weighted by molar-refractivity contribution is -0.138. The molecule has 0 aromatic heterocycles. The molecule has 0 fully saturated rings. The van der Waals surface area contributed by atoms with Crippen LogP contribution in [-0.4, -0.2) is 29.4 Å². The predicted molar refractivity (Wildman–Crippen MR) is 94.4 cm³/mol. The Kier molecular flexibility index (Phi) is 8.46. The summed E-state index contributed by atoms with van der Waals surface area (Å²) in [7, 11) is 0. The highest BCUT2D eigenvalue weighted by Crippen LogP contribution is 2.20. The first-order valence-electron chi connectivity index (χ1n) is 7.81. The van der Waals surface area contributed by atoms with Gasteiger partial charge in [-0.3, -0.25) is 14.4 Å². The van der Waals surface area contributed by atoms with E-state index < -0.39 is 17.9 Å². The summed E-state index contributed by atoms with van der Waals surface area (Å²) in [6, 6.07) is 6.45. The Morgan fingerprint density at radius 3 is 2.50 bits per heavy atom. The van der Waals surface area contributed by atoms with Crippen molar-refractivity contribution in [3.05, 3.63) is 34.3 Å². The van der Waals surface area contributed by atoms with Crippen molar-refractivity contribution in [2.24, 2.45) is 5.92 Å². The molecular weight excluding hydrogens is 376 g/mol. The van der Waals surface area contributed by atoms with Crippen LogP contribution in [0.2, 0.25) is 0 Å². The standard InChI is InChI=1S/C17H23BrN2O4/c1-11(2)6-7-15(21)19-10-16(22)20-14(9-17(23)24)12-4-3-5-13(18)8-12/h3-5,8,11,14H,6-7,9-10H2,1-2H3,(H,19,21)(H,20,22)(H,23,24). The van der Waals surface area contributed by atoms with Crippen molar-refractivity contribution < 1.29 is 19.5 Å². The van der Waals surface area contributed by atoms with E-state index in [9.17, 15) is 14.4 Å². The topological polar surface area (TPSA) is 95.5 Å². The summed E-state index contributed by atoms with van der Waals surface area (Å²) in [4.78, 5) is 34.7. The highest BCUT2D eigenvalue weighted by atomic mass is 79.9. The molecule has 0 bridgehead atoms. The lowest BCUT2D eigenvalue weighted by Crippen LogP contribution is -2.39. The summed E-state index contributed by atoms with van der Waals surface area (Å²) >= 11 is 3.32. The van der Waals surface area contributed by atoms with Crippen LogP contribution in [0.25, 0.3) is 0 Å². The molecular formula is C17H23BrN2O4. The number of hydrogen-bond donors (Lipinski definition) is 3. The zero-order chi connectivity index (χ0) is 18.1. The number of amides is 2. The second kappa shape index (κ2) is 10.1. The third kappa shape index (κ3) is 8.10. The van der Waals surface area contributed by atoms with E-state index in [0.717, 1.165) is 10.9 Å². The van der Waals surface area contributed by atoms with Gasteiger partial charge in [0, 0.05) is 10.9 Å². The molecule has 0 aliphatic heterocycles. The smallest absolute Gasteiger partial charge is 0.305 e. The van der Waals surface area contributed by atoms with Crippen LogP contribution in [0.1, 0.15) is 44.7 Å². The fourth-order valence-corrected chi connectivity index (χ4v) is 2.50. The van der Waals surface area contributed by atoms with Crippen molar-refractivity contribution >= 4 is 33.7 Å². The van der Waals surface area contributed by atoms with Crippen molar-refractivity contribution in [2.45, 2.75) is 39.2 Å². The van der Waals surface area contributed by atoms with Gasteiger partial charge in [-0.05, 0) is 30.0 Å². The van der Waals surface area contributed by atoms with Crippen LogP contribution in [0.15, 0.2) is 28.7 Å². The minimum atomic E-state index is -1.01. The van der Waals surface area contributed by atoms with E-state index in [1.165, 1.54) is 0 Å². The largest absolute Gasteiger partial charge is 0.481 e. The fourth-order valence-electron chi connectivity index (χ4n) is 2.08. The van der Waals surface area contributed by atoms with Gasteiger partial charge in [0.1, 0.15) is 0 Å². The second-order valence-electron chi connectivity index (χ2n) is 5.98. The van der Waals surface area contributed by atoms with Crippen molar-refractivity contribution in [1.82, 2.24) is 10.6 Å². The highest BCUT2D eigenvalue weighted by Gasteiger charge is 2.18. The Morgan fingerprint density at radius 2 is 1.92 bits per heavy atom.